The first-order valence-corrected chi connectivity index (χ1v) is 7.87. The maximum absolute atomic E-state index is 13.1. The van der Waals surface area contributed by atoms with Crippen LogP contribution in [0.3, 0.4) is 0 Å². The molecule has 116 valence electrons. The molecule has 0 aliphatic carbocycles. The van der Waals surface area contributed by atoms with Gasteiger partial charge < -0.3 is 0 Å². The highest BCUT2D eigenvalue weighted by molar-refractivity contribution is 6.11. The van der Waals surface area contributed by atoms with Gasteiger partial charge in [-0.3, -0.25) is 9.36 Å². The monoisotopic (exact) mass is 312 g/mol. The van der Waals surface area contributed by atoms with Gasteiger partial charge in [0.2, 0.25) is 5.78 Å². The number of hydrogen-bond donors (Lipinski definition) is 0. The van der Waals surface area contributed by atoms with Crippen molar-refractivity contribution in [3.63, 3.8) is 0 Å². The average molecular weight is 312 g/mol. The highest BCUT2D eigenvalue weighted by Crippen LogP contribution is 2.25. The Morgan fingerprint density at radius 1 is 0.917 bits per heavy atom. The zero-order valence-electron chi connectivity index (χ0n) is 13.3. The lowest BCUT2D eigenvalue weighted by molar-refractivity contribution is 0.103. The fraction of sp³-hybridized carbons (Fsp3) is 0.0476. The third kappa shape index (κ3) is 2.40. The molecule has 0 fully saturated rings. The van der Waals surface area contributed by atoms with Crippen molar-refractivity contribution in [3.8, 4) is 5.82 Å². The number of carbonyl (C=O) groups is 1. The van der Waals surface area contributed by atoms with Gasteiger partial charge >= 0.3 is 0 Å². The molecular formula is C21H16N2O. The third-order valence-corrected chi connectivity index (χ3v) is 4.10. The van der Waals surface area contributed by atoms with Gasteiger partial charge in [-0.25, -0.2) is 4.98 Å². The highest BCUT2D eigenvalue weighted by atomic mass is 16.1. The summed E-state index contributed by atoms with van der Waals surface area (Å²) in [7, 11) is 0. The Morgan fingerprint density at radius 2 is 1.75 bits per heavy atom. The van der Waals surface area contributed by atoms with Gasteiger partial charge in [0.25, 0.3) is 0 Å². The van der Waals surface area contributed by atoms with Crippen molar-refractivity contribution < 1.29 is 4.79 Å². The molecule has 4 rings (SSSR count). The summed E-state index contributed by atoms with van der Waals surface area (Å²) in [5.74, 6) is 0.746. The second kappa shape index (κ2) is 5.78. The lowest BCUT2D eigenvalue weighted by Gasteiger charge is -2.09. The van der Waals surface area contributed by atoms with E-state index in [-0.39, 0.29) is 5.78 Å². The Bertz CT molecular complexity index is 1030. The number of aryl methyl sites for hydroxylation is 1. The molecule has 0 spiro atoms. The maximum atomic E-state index is 13.1. The second-order valence-electron chi connectivity index (χ2n) is 5.81. The largest absolute Gasteiger partial charge is 0.290 e. The van der Waals surface area contributed by atoms with E-state index in [9.17, 15) is 4.79 Å². The minimum absolute atomic E-state index is 0.000512. The zero-order valence-corrected chi connectivity index (χ0v) is 13.3. The van der Waals surface area contributed by atoms with Gasteiger partial charge in [0, 0.05) is 17.1 Å². The van der Waals surface area contributed by atoms with Crippen molar-refractivity contribution in [2.45, 2.75) is 6.92 Å². The minimum Gasteiger partial charge on any atom is -0.290 e. The summed E-state index contributed by atoms with van der Waals surface area (Å²) >= 11 is 0. The number of para-hydroxylation sites is 1. The van der Waals surface area contributed by atoms with Crippen molar-refractivity contribution in [2.24, 2.45) is 0 Å². The van der Waals surface area contributed by atoms with E-state index in [0.717, 1.165) is 22.3 Å². The van der Waals surface area contributed by atoms with E-state index < -0.39 is 0 Å². The molecule has 0 unspecified atom stereocenters. The van der Waals surface area contributed by atoms with E-state index in [0.29, 0.717) is 11.3 Å². The predicted molar refractivity (Wildman–Crippen MR) is 95.7 cm³/mol. The maximum Gasteiger partial charge on any atom is 0.209 e. The molecule has 0 amide bonds. The molecule has 0 saturated heterocycles. The zero-order chi connectivity index (χ0) is 16.5. The molecule has 3 nitrogen and oxygen atoms in total. The third-order valence-electron chi connectivity index (χ3n) is 4.10. The Balaban J connectivity index is 1.97. The normalized spacial score (nSPS) is 10.9. The molecule has 0 bridgehead atoms. The van der Waals surface area contributed by atoms with Gasteiger partial charge in [0.1, 0.15) is 5.82 Å². The van der Waals surface area contributed by atoms with Crippen LogP contribution in [0.15, 0.2) is 79.0 Å². The van der Waals surface area contributed by atoms with Crippen LogP contribution in [0, 0.1) is 6.92 Å². The summed E-state index contributed by atoms with van der Waals surface area (Å²) < 4.78 is 1.93. The van der Waals surface area contributed by atoms with Gasteiger partial charge in [-0.05, 0) is 37.3 Å². The Labute approximate surface area is 140 Å². The number of carbonyl (C=O) groups excluding carboxylic acids is 1. The Hall–Kier alpha value is -3.20. The fourth-order valence-corrected chi connectivity index (χ4v) is 2.99. The van der Waals surface area contributed by atoms with E-state index in [4.69, 9.17) is 0 Å². The van der Waals surface area contributed by atoms with E-state index in [1.807, 2.05) is 84.3 Å². The molecule has 24 heavy (non-hydrogen) atoms. The van der Waals surface area contributed by atoms with Crippen LogP contribution >= 0.6 is 0 Å². The molecule has 0 saturated carbocycles. The summed E-state index contributed by atoms with van der Waals surface area (Å²) in [6.45, 7) is 1.99. The molecule has 0 radical (unpaired) electrons. The van der Waals surface area contributed by atoms with Crippen LogP contribution < -0.4 is 0 Å². The average Bonchev–Trinajstić information content (AvgIpc) is 3.01. The smallest absolute Gasteiger partial charge is 0.209 e. The van der Waals surface area contributed by atoms with Crippen molar-refractivity contribution in [1.29, 1.82) is 0 Å². The molecule has 0 N–H and O–H groups in total. The number of ketones is 1. The van der Waals surface area contributed by atoms with Crippen molar-refractivity contribution >= 4 is 16.7 Å². The van der Waals surface area contributed by atoms with Gasteiger partial charge in [0.05, 0.1) is 11.2 Å². The van der Waals surface area contributed by atoms with Gasteiger partial charge in [-0.2, -0.15) is 0 Å². The number of rotatable bonds is 3. The number of pyridine rings is 1. The van der Waals surface area contributed by atoms with Crippen molar-refractivity contribution in [2.75, 3.05) is 0 Å². The quantitative estimate of drug-likeness (QED) is 0.520. The highest BCUT2D eigenvalue weighted by Gasteiger charge is 2.18. The van der Waals surface area contributed by atoms with E-state index >= 15 is 0 Å². The van der Waals surface area contributed by atoms with E-state index in [1.165, 1.54) is 0 Å². The molecule has 2 heterocycles. The number of fused-ring (bicyclic) bond motifs is 1. The van der Waals surface area contributed by atoms with E-state index in [1.54, 1.807) is 6.20 Å². The molecule has 0 aliphatic heterocycles. The van der Waals surface area contributed by atoms with Gasteiger partial charge in [-0.15, -0.1) is 0 Å². The molecule has 3 heteroatoms. The molecular weight excluding hydrogens is 296 g/mol. The van der Waals surface area contributed by atoms with Crippen molar-refractivity contribution in [3.05, 3.63) is 95.8 Å². The summed E-state index contributed by atoms with van der Waals surface area (Å²) in [5.41, 5.74) is 3.36. The summed E-state index contributed by atoms with van der Waals surface area (Å²) in [6.07, 6.45) is 1.74. The molecule has 0 aliphatic rings. The van der Waals surface area contributed by atoms with Crippen LogP contribution in [0.2, 0.25) is 0 Å². The standard InChI is InChI=1S/C21H16N2O/c1-15-7-6-9-17(13-15)21(24)19-14-16-8-2-3-10-18(16)23(19)20-11-4-5-12-22-20/h2-14H,1H3. The van der Waals surface area contributed by atoms with Crippen LogP contribution in [0.25, 0.3) is 16.7 Å². The second-order valence-corrected chi connectivity index (χ2v) is 5.81. The SMILES string of the molecule is Cc1cccc(C(=O)c2cc3ccccc3n2-c2ccccn2)c1. The molecule has 2 aromatic carbocycles. The van der Waals surface area contributed by atoms with Crippen LogP contribution in [0.4, 0.5) is 0 Å². The number of hydrogen-bond acceptors (Lipinski definition) is 2. The summed E-state index contributed by atoms with van der Waals surface area (Å²) in [6, 6.07) is 23.3. The Morgan fingerprint density at radius 3 is 2.54 bits per heavy atom. The van der Waals surface area contributed by atoms with Crippen LogP contribution in [0.1, 0.15) is 21.6 Å². The first kappa shape index (κ1) is 14.4. The lowest BCUT2D eigenvalue weighted by atomic mass is 10.1. The fourth-order valence-electron chi connectivity index (χ4n) is 2.99. The predicted octanol–water partition coefficient (Wildman–Crippen LogP) is 4.56. The molecule has 2 aromatic heterocycles. The summed E-state index contributed by atoms with van der Waals surface area (Å²) in [5, 5.41) is 1.03. The van der Waals surface area contributed by atoms with Gasteiger partial charge in [-0.1, -0.05) is 48.0 Å². The Kier molecular flexibility index (Phi) is 3.47. The van der Waals surface area contributed by atoms with Crippen LogP contribution in [-0.2, 0) is 0 Å². The number of nitrogens with zero attached hydrogens (tertiary/aromatic N) is 2. The molecule has 0 atom stereocenters. The number of aromatic nitrogens is 2. The summed E-state index contributed by atoms with van der Waals surface area (Å²) in [4.78, 5) is 17.6. The minimum atomic E-state index is 0.000512. The first-order chi connectivity index (χ1) is 11.7. The van der Waals surface area contributed by atoms with Crippen LogP contribution in [0.5, 0.6) is 0 Å². The van der Waals surface area contributed by atoms with E-state index in [2.05, 4.69) is 4.98 Å². The molecule has 4 aromatic rings. The first-order valence-electron chi connectivity index (χ1n) is 7.87. The lowest BCUT2D eigenvalue weighted by Crippen LogP contribution is -2.10. The van der Waals surface area contributed by atoms with Crippen molar-refractivity contribution in [1.82, 2.24) is 9.55 Å². The number of benzene rings is 2. The van der Waals surface area contributed by atoms with Crippen LogP contribution in [-0.4, -0.2) is 15.3 Å². The topological polar surface area (TPSA) is 34.9 Å². The van der Waals surface area contributed by atoms with Gasteiger partial charge in [0.15, 0.2) is 0 Å².